The minimum absolute atomic E-state index is 0.460. The minimum atomic E-state index is -0.787. The fourth-order valence-corrected chi connectivity index (χ4v) is 2.65. The molecule has 0 aliphatic heterocycles. The van der Waals surface area contributed by atoms with Gasteiger partial charge in [0.1, 0.15) is 0 Å². The Morgan fingerprint density at radius 3 is 2.67 bits per heavy atom. The molecule has 0 saturated heterocycles. The molecule has 120 valence electrons. The predicted molar refractivity (Wildman–Crippen MR) is 90.1 cm³/mol. The van der Waals surface area contributed by atoms with Crippen molar-refractivity contribution in [3.05, 3.63) is 36.0 Å². The molecule has 0 saturated carbocycles. The lowest BCUT2D eigenvalue weighted by Gasteiger charge is -2.20. The molecule has 0 fully saturated rings. The zero-order chi connectivity index (χ0) is 15.9. The van der Waals surface area contributed by atoms with Crippen molar-refractivity contribution in [2.75, 3.05) is 0 Å². The highest BCUT2D eigenvalue weighted by Gasteiger charge is 2.16. The molecule has 0 radical (unpaired) electrons. The van der Waals surface area contributed by atoms with Crippen LogP contribution in [0.25, 0.3) is 0 Å². The Labute approximate surface area is 130 Å². The maximum absolute atomic E-state index is 10.3. The maximum atomic E-state index is 10.3. The second kappa shape index (κ2) is 8.55. The van der Waals surface area contributed by atoms with E-state index in [2.05, 4.69) is 32.9 Å². The molecule has 2 N–H and O–H groups in total. The van der Waals surface area contributed by atoms with Crippen LogP contribution in [0, 0.1) is 11.8 Å². The fraction of sp³-hybridized carbons (Fsp3) is 0.684. The minimum Gasteiger partial charge on any atom is -0.389 e. The van der Waals surface area contributed by atoms with Crippen molar-refractivity contribution in [2.45, 2.75) is 71.5 Å². The highest BCUT2D eigenvalue weighted by molar-refractivity contribution is 5.06. The Morgan fingerprint density at radius 2 is 2.00 bits per heavy atom. The quantitative estimate of drug-likeness (QED) is 0.704. The van der Waals surface area contributed by atoms with Crippen LogP contribution in [-0.4, -0.2) is 21.9 Å². The lowest BCUT2D eigenvalue weighted by atomic mass is 9.88. The molecular formula is C19H32O2. The van der Waals surface area contributed by atoms with Crippen molar-refractivity contribution < 1.29 is 10.2 Å². The average molecular weight is 292 g/mol. The van der Waals surface area contributed by atoms with Crippen LogP contribution in [0.1, 0.15) is 59.8 Å². The molecule has 21 heavy (non-hydrogen) atoms. The van der Waals surface area contributed by atoms with E-state index in [4.69, 9.17) is 0 Å². The maximum Gasteiger partial charge on any atom is 0.0802 e. The Balaban J connectivity index is 2.84. The van der Waals surface area contributed by atoms with E-state index in [1.54, 1.807) is 0 Å². The van der Waals surface area contributed by atoms with E-state index in [1.165, 1.54) is 5.57 Å². The third-order valence-corrected chi connectivity index (χ3v) is 4.31. The van der Waals surface area contributed by atoms with Gasteiger partial charge in [0.05, 0.1) is 11.7 Å². The van der Waals surface area contributed by atoms with Crippen molar-refractivity contribution in [2.24, 2.45) is 11.8 Å². The SMILES string of the molecule is C/C1=C\CC[C@](C)(O)/C=C/C[C@@H](O)/C=C/[C@H](C(C)C)CC1. The molecule has 0 spiro atoms. The van der Waals surface area contributed by atoms with Gasteiger partial charge in [-0.05, 0) is 57.8 Å². The highest BCUT2D eigenvalue weighted by atomic mass is 16.3. The zero-order valence-electron chi connectivity index (χ0n) is 14.0. The molecule has 0 aromatic rings. The summed E-state index contributed by atoms with van der Waals surface area (Å²) in [5.41, 5.74) is 0.608. The number of hydrogen-bond acceptors (Lipinski definition) is 2. The van der Waals surface area contributed by atoms with E-state index >= 15 is 0 Å². The normalized spacial score (nSPS) is 38.3. The van der Waals surface area contributed by atoms with E-state index in [0.29, 0.717) is 18.3 Å². The van der Waals surface area contributed by atoms with Crippen LogP contribution >= 0.6 is 0 Å². The van der Waals surface area contributed by atoms with Gasteiger partial charge in [0.15, 0.2) is 0 Å². The van der Waals surface area contributed by atoms with Crippen LogP contribution < -0.4 is 0 Å². The van der Waals surface area contributed by atoms with Gasteiger partial charge in [0.25, 0.3) is 0 Å². The molecule has 0 bridgehead atoms. The number of hydrogen-bond donors (Lipinski definition) is 2. The van der Waals surface area contributed by atoms with Crippen LogP contribution in [0.15, 0.2) is 36.0 Å². The van der Waals surface area contributed by atoms with Gasteiger partial charge in [-0.1, -0.05) is 49.8 Å². The summed E-state index contributed by atoms with van der Waals surface area (Å²) in [5.74, 6) is 1.10. The molecule has 2 nitrogen and oxygen atoms in total. The van der Waals surface area contributed by atoms with E-state index < -0.39 is 11.7 Å². The van der Waals surface area contributed by atoms with Crippen molar-refractivity contribution in [3.8, 4) is 0 Å². The van der Waals surface area contributed by atoms with Crippen molar-refractivity contribution >= 4 is 0 Å². The standard InChI is InChI=1S/C19H32O2/c1-15(2)17-10-9-16(3)7-5-13-19(4,21)14-6-8-18(20)12-11-17/h6-7,11-12,14-15,17-18,20-21H,5,8-10,13H2,1-4H3/b12-11+,14-6+,16-7+/t17-,18-,19+/m1/s1. The van der Waals surface area contributed by atoms with E-state index in [1.807, 2.05) is 25.2 Å². The summed E-state index contributed by atoms with van der Waals surface area (Å²) >= 11 is 0. The number of aliphatic hydroxyl groups is 2. The summed E-state index contributed by atoms with van der Waals surface area (Å²) < 4.78 is 0. The van der Waals surface area contributed by atoms with Gasteiger partial charge in [0, 0.05) is 0 Å². The molecule has 0 amide bonds. The summed E-state index contributed by atoms with van der Waals surface area (Å²) in [6.45, 7) is 8.48. The Kier molecular flexibility index (Phi) is 7.41. The highest BCUT2D eigenvalue weighted by Crippen LogP contribution is 2.23. The number of allylic oxidation sites excluding steroid dienone is 3. The molecule has 0 unspecified atom stereocenters. The molecule has 0 heterocycles. The largest absolute Gasteiger partial charge is 0.389 e. The lowest BCUT2D eigenvalue weighted by molar-refractivity contribution is 0.102. The molecule has 0 aromatic carbocycles. The summed E-state index contributed by atoms with van der Waals surface area (Å²) in [6.07, 6.45) is 14.0. The molecule has 3 atom stereocenters. The van der Waals surface area contributed by atoms with Crippen LogP contribution in [0.5, 0.6) is 0 Å². The van der Waals surface area contributed by atoms with Gasteiger partial charge in [-0.3, -0.25) is 0 Å². The van der Waals surface area contributed by atoms with Gasteiger partial charge >= 0.3 is 0 Å². The third-order valence-electron chi connectivity index (χ3n) is 4.31. The lowest BCUT2D eigenvalue weighted by Crippen LogP contribution is -2.20. The summed E-state index contributed by atoms with van der Waals surface area (Å²) in [7, 11) is 0. The zero-order valence-corrected chi connectivity index (χ0v) is 14.0. The second-order valence-corrected chi connectivity index (χ2v) is 6.98. The molecule has 0 aromatic heterocycles. The van der Waals surface area contributed by atoms with Gasteiger partial charge < -0.3 is 10.2 Å². The number of rotatable bonds is 1. The monoisotopic (exact) mass is 292 g/mol. The predicted octanol–water partition coefficient (Wildman–Crippen LogP) is 4.39. The molecule has 1 aliphatic rings. The van der Waals surface area contributed by atoms with Gasteiger partial charge in [0.2, 0.25) is 0 Å². The molecular weight excluding hydrogens is 260 g/mol. The first kappa shape index (κ1) is 18.2. The topological polar surface area (TPSA) is 40.5 Å². The first-order chi connectivity index (χ1) is 9.80. The van der Waals surface area contributed by atoms with Gasteiger partial charge in [-0.2, -0.15) is 0 Å². The van der Waals surface area contributed by atoms with E-state index in [-0.39, 0.29) is 0 Å². The third kappa shape index (κ3) is 7.63. The van der Waals surface area contributed by atoms with Crippen LogP contribution in [0.4, 0.5) is 0 Å². The first-order valence-corrected chi connectivity index (χ1v) is 8.22. The summed E-state index contributed by atoms with van der Waals surface area (Å²) in [4.78, 5) is 0. The van der Waals surface area contributed by atoms with E-state index in [0.717, 1.165) is 25.7 Å². The van der Waals surface area contributed by atoms with Gasteiger partial charge in [-0.15, -0.1) is 0 Å². The molecule has 1 aliphatic carbocycles. The average Bonchev–Trinajstić information content (AvgIpc) is 2.36. The van der Waals surface area contributed by atoms with Crippen LogP contribution in [-0.2, 0) is 0 Å². The number of aliphatic hydroxyl groups excluding tert-OH is 1. The Morgan fingerprint density at radius 1 is 1.29 bits per heavy atom. The van der Waals surface area contributed by atoms with E-state index in [9.17, 15) is 10.2 Å². The summed E-state index contributed by atoms with van der Waals surface area (Å²) in [6, 6.07) is 0. The van der Waals surface area contributed by atoms with Crippen molar-refractivity contribution in [3.63, 3.8) is 0 Å². The first-order valence-electron chi connectivity index (χ1n) is 8.22. The molecule has 2 heteroatoms. The van der Waals surface area contributed by atoms with Gasteiger partial charge in [-0.25, -0.2) is 0 Å². The smallest absolute Gasteiger partial charge is 0.0802 e. The Hall–Kier alpha value is -0.860. The van der Waals surface area contributed by atoms with Crippen LogP contribution in [0.3, 0.4) is 0 Å². The fourth-order valence-electron chi connectivity index (χ4n) is 2.65. The van der Waals surface area contributed by atoms with Crippen molar-refractivity contribution in [1.82, 2.24) is 0 Å². The van der Waals surface area contributed by atoms with Crippen LogP contribution in [0.2, 0.25) is 0 Å². The second-order valence-electron chi connectivity index (χ2n) is 6.98. The Bertz CT molecular complexity index is 388. The van der Waals surface area contributed by atoms with Crippen molar-refractivity contribution in [1.29, 1.82) is 0 Å². The molecule has 1 rings (SSSR count). The summed E-state index contributed by atoms with van der Waals surface area (Å²) in [5, 5.41) is 20.3.